The molecule has 0 N–H and O–H groups in total. The normalized spacial score (nSPS) is 17.9. The predicted molar refractivity (Wildman–Crippen MR) is 166 cm³/mol. The first-order valence-electron chi connectivity index (χ1n) is 14.5. The van der Waals surface area contributed by atoms with Gasteiger partial charge in [-0.2, -0.15) is 14.3 Å². The summed E-state index contributed by atoms with van der Waals surface area (Å²) in [6.45, 7) is 7.62. The van der Waals surface area contributed by atoms with E-state index in [1.807, 2.05) is 37.3 Å². The van der Waals surface area contributed by atoms with Gasteiger partial charge in [-0.05, 0) is 64.8 Å². The lowest BCUT2D eigenvalue weighted by Crippen LogP contribution is -2.34. The van der Waals surface area contributed by atoms with Gasteiger partial charge in [0.1, 0.15) is 22.5 Å². The lowest BCUT2D eigenvalue weighted by molar-refractivity contribution is -0.188. The Kier molecular flexibility index (Phi) is 8.81. The Morgan fingerprint density at radius 3 is 2.64 bits per heavy atom. The van der Waals surface area contributed by atoms with E-state index in [0.717, 1.165) is 47.1 Å². The summed E-state index contributed by atoms with van der Waals surface area (Å²) in [5.41, 5.74) is -0.104. The minimum Gasteiger partial charge on any atom is -0.451 e. The van der Waals surface area contributed by atoms with Crippen LogP contribution in [0.15, 0.2) is 64.9 Å². The topological polar surface area (TPSA) is 122 Å². The van der Waals surface area contributed by atoms with Gasteiger partial charge in [0.15, 0.2) is 23.2 Å². The summed E-state index contributed by atoms with van der Waals surface area (Å²) in [7, 11) is 0. The Morgan fingerprint density at radius 1 is 1.07 bits per heavy atom. The summed E-state index contributed by atoms with van der Waals surface area (Å²) in [6.07, 6.45) is 9.00. The highest BCUT2D eigenvalue weighted by atomic mass is 32.2. The van der Waals surface area contributed by atoms with Crippen LogP contribution in [0.4, 0.5) is 15.7 Å². The second kappa shape index (κ2) is 12.8. The van der Waals surface area contributed by atoms with E-state index in [1.54, 1.807) is 45.4 Å². The average molecular weight is 635 g/mol. The third-order valence-corrected chi connectivity index (χ3v) is 8.64. The molecule has 2 aliphatic rings. The summed E-state index contributed by atoms with van der Waals surface area (Å²) in [5, 5.41) is 1.06. The molecule has 6 rings (SSSR count). The van der Waals surface area contributed by atoms with E-state index < -0.39 is 23.6 Å². The first kappa shape index (κ1) is 30.4. The van der Waals surface area contributed by atoms with Gasteiger partial charge < -0.3 is 18.9 Å². The van der Waals surface area contributed by atoms with E-state index in [1.165, 1.54) is 23.1 Å². The van der Waals surface area contributed by atoms with Crippen molar-refractivity contribution < 1.29 is 23.7 Å². The Morgan fingerprint density at radius 2 is 1.89 bits per heavy atom. The number of aromatic nitrogens is 5. The Balaban J connectivity index is 1.38. The zero-order chi connectivity index (χ0) is 30.7. The number of anilines is 2. The molecule has 11 nitrogen and oxygen atoms in total. The van der Waals surface area contributed by atoms with Gasteiger partial charge in [-0.25, -0.2) is 14.8 Å². The number of carbonyl (C=O) groups excluding carboxylic acids is 1. The maximum absolute atomic E-state index is 13.8. The Labute approximate surface area is 264 Å². The van der Waals surface area contributed by atoms with Crippen molar-refractivity contribution >= 4 is 40.3 Å². The van der Waals surface area contributed by atoms with Gasteiger partial charge in [-0.1, -0.05) is 24.2 Å². The van der Waals surface area contributed by atoms with Crippen LogP contribution in [0.5, 0.6) is 11.5 Å². The molecule has 1 saturated heterocycles. The van der Waals surface area contributed by atoms with Crippen LogP contribution < -0.4 is 9.64 Å². The molecule has 1 aliphatic carbocycles. The molecule has 1 spiro atoms. The first-order chi connectivity index (χ1) is 21.2. The van der Waals surface area contributed by atoms with Crippen molar-refractivity contribution in [2.24, 2.45) is 0 Å². The Bertz CT molecular complexity index is 1610. The average Bonchev–Trinajstić information content (AvgIpc) is 3.63. The van der Waals surface area contributed by atoms with Crippen molar-refractivity contribution in [1.82, 2.24) is 24.3 Å². The summed E-state index contributed by atoms with van der Waals surface area (Å²) in [4.78, 5) is 34.1. The van der Waals surface area contributed by atoms with Gasteiger partial charge in [0.2, 0.25) is 5.13 Å². The van der Waals surface area contributed by atoms with Crippen LogP contribution in [-0.4, -0.2) is 48.4 Å². The molecule has 0 bridgehead atoms. The van der Waals surface area contributed by atoms with Crippen molar-refractivity contribution in [3.8, 4) is 11.5 Å². The van der Waals surface area contributed by atoms with Gasteiger partial charge in [0.25, 0.3) is 0 Å². The van der Waals surface area contributed by atoms with Crippen LogP contribution in [0.25, 0.3) is 0 Å². The number of hydrogen-bond donors (Lipinski definition) is 0. The number of nitrogens with zero attached hydrogens (tertiary/aromatic N) is 6. The van der Waals surface area contributed by atoms with Crippen LogP contribution in [0, 0.1) is 6.92 Å². The molecule has 1 amide bonds. The van der Waals surface area contributed by atoms with Gasteiger partial charge in [0.05, 0.1) is 12.3 Å². The summed E-state index contributed by atoms with van der Waals surface area (Å²) >= 11 is 2.48. The van der Waals surface area contributed by atoms with E-state index >= 15 is 0 Å². The standard InChI is InChI=1S/C31H34N6O5S2/c1-20-22(11-10-16-32-20)40-23-17-21(43-25-12-6-9-15-33-25)18-34-27(23)37(29(38)42-30(2,3)4)28-35-26(36-44-28)24-19-39-31(41-24)13-7-5-8-14-31/h6,9-12,15-18,24H,5,7-8,13-14,19H2,1-4H3. The van der Waals surface area contributed by atoms with Crippen molar-refractivity contribution in [2.45, 2.75) is 87.2 Å². The van der Waals surface area contributed by atoms with Crippen molar-refractivity contribution in [1.29, 1.82) is 0 Å². The van der Waals surface area contributed by atoms with Gasteiger partial charge in [-0.3, -0.25) is 4.98 Å². The molecule has 13 heteroatoms. The molecule has 230 valence electrons. The number of pyridine rings is 3. The molecule has 44 heavy (non-hydrogen) atoms. The van der Waals surface area contributed by atoms with Gasteiger partial charge >= 0.3 is 6.09 Å². The monoisotopic (exact) mass is 634 g/mol. The summed E-state index contributed by atoms with van der Waals surface area (Å²) < 4.78 is 29.3. The molecule has 2 fully saturated rings. The SMILES string of the molecule is Cc1ncccc1Oc1cc(Sc2ccccn2)cnc1N(C(=O)OC(C)(C)C)c1nc(C2COC3(CCCCC3)O2)ns1. The quantitative estimate of drug-likeness (QED) is 0.198. The zero-order valence-corrected chi connectivity index (χ0v) is 26.7. The number of amides is 1. The van der Waals surface area contributed by atoms with E-state index in [9.17, 15) is 4.79 Å². The third-order valence-electron chi connectivity index (χ3n) is 7.01. The second-order valence-corrected chi connectivity index (χ2v) is 13.4. The zero-order valence-electron chi connectivity index (χ0n) is 25.1. The smallest absolute Gasteiger partial charge is 0.422 e. The lowest BCUT2D eigenvalue weighted by atomic mass is 9.94. The minimum atomic E-state index is -0.783. The number of rotatable bonds is 7. The fourth-order valence-electron chi connectivity index (χ4n) is 4.99. The molecular weight excluding hydrogens is 601 g/mol. The lowest BCUT2D eigenvalue weighted by Gasteiger charge is -2.31. The van der Waals surface area contributed by atoms with Crippen LogP contribution in [0.1, 0.15) is 70.5 Å². The highest BCUT2D eigenvalue weighted by molar-refractivity contribution is 7.99. The van der Waals surface area contributed by atoms with Gasteiger partial charge in [-0.15, -0.1) is 0 Å². The third kappa shape index (κ3) is 7.01. The fraction of sp³-hybridized carbons (Fsp3) is 0.419. The highest BCUT2D eigenvalue weighted by Gasteiger charge is 2.44. The van der Waals surface area contributed by atoms with Crippen molar-refractivity contribution in [2.75, 3.05) is 11.5 Å². The molecular formula is C31H34N6O5S2. The molecule has 0 radical (unpaired) electrons. The van der Waals surface area contributed by atoms with Crippen LogP contribution in [-0.2, 0) is 14.2 Å². The molecule has 1 atom stereocenters. The van der Waals surface area contributed by atoms with Crippen molar-refractivity contribution in [3.05, 3.63) is 66.5 Å². The summed E-state index contributed by atoms with van der Waals surface area (Å²) in [5.74, 6) is 0.903. The van der Waals surface area contributed by atoms with E-state index in [0.29, 0.717) is 29.6 Å². The van der Waals surface area contributed by atoms with Gasteiger partial charge in [0, 0.05) is 53.9 Å². The first-order valence-corrected chi connectivity index (χ1v) is 16.1. The van der Waals surface area contributed by atoms with Crippen LogP contribution in [0.3, 0.4) is 0 Å². The molecule has 1 saturated carbocycles. The molecule has 1 unspecified atom stereocenters. The van der Waals surface area contributed by atoms with E-state index in [-0.39, 0.29) is 10.9 Å². The maximum Gasteiger partial charge on any atom is 0.422 e. The molecule has 4 aromatic rings. The molecule has 0 aromatic carbocycles. The number of carbonyl (C=O) groups is 1. The van der Waals surface area contributed by atoms with Crippen LogP contribution in [0.2, 0.25) is 0 Å². The predicted octanol–water partition coefficient (Wildman–Crippen LogP) is 7.80. The molecule has 5 heterocycles. The minimum absolute atomic E-state index is 0.197. The van der Waals surface area contributed by atoms with E-state index in [2.05, 4.69) is 14.3 Å². The highest BCUT2D eigenvalue weighted by Crippen LogP contribution is 2.44. The summed E-state index contributed by atoms with van der Waals surface area (Å²) in [6, 6.07) is 11.1. The largest absolute Gasteiger partial charge is 0.451 e. The molecule has 1 aliphatic heterocycles. The van der Waals surface area contributed by atoms with Crippen molar-refractivity contribution in [3.63, 3.8) is 0 Å². The van der Waals surface area contributed by atoms with E-state index in [4.69, 9.17) is 28.9 Å². The maximum atomic E-state index is 13.8. The second-order valence-electron chi connectivity index (χ2n) is 11.6. The fourth-order valence-corrected chi connectivity index (χ4v) is 6.47. The molecule has 4 aromatic heterocycles. The van der Waals surface area contributed by atoms with Crippen LogP contribution >= 0.6 is 23.3 Å². The Hall–Kier alpha value is -3.65. The number of ether oxygens (including phenoxy) is 4. The number of hydrogen-bond acceptors (Lipinski definition) is 12. The number of aryl methyl sites for hydroxylation is 1.